The molecule has 0 aliphatic carbocycles. The molecule has 0 saturated carbocycles. The molecule has 164 valence electrons. The Hall–Kier alpha value is -1.79. The highest BCUT2D eigenvalue weighted by molar-refractivity contribution is 6.31. The van der Waals surface area contributed by atoms with Gasteiger partial charge in [-0.1, -0.05) is 23.7 Å². The molecular formula is C24H33ClN2O3. The van der Waals surface area contributed by atoms with E-state index >= 15 is 0 Å². The third-order valence-corrected chi connectivity index (χ3v) is 5.81. The first kappa shape index (κ1) is 22.9. The zero-order chi connectivity index (χ0) is 21.5. The van der Waals surface area contributed by atoms with Crippen LogP contribution in [0.15, 0.2) is 42.5 Å². The van der Waals surface area contributed by atoms with Crippen LogP contribution in [0.2, 0.25) is 5.02 Å². The Morgan fingerprint density at radius 3 is 2.60 bits per heavy atom. The fourth-order valence-electron chi connectivity index (χ4n) is 3.69. The molecule has 2 atom stereocenters. The Balaban J connectivity index is 1.58. The molecule has 0 aromatic heterocycles. The van der Waals surface area contributed by atoms with Gasteiger partial charge in [0.15, 0.2) is 0 Å². The van der Waals surface area contributed by atoms with Crippen molar-refractivity contribution in [3.63, 3.8) is 0 Å². The second-order valence-corrected chi connectivity index (χ2v) is 8.67. The molecule has 1 aliphatic heterocycles. The maximum Gasteiger partial charge on any atom is 0.119 e. The summed E-state index contributed by atoms with van der Waals surface area (Å²) < 4.78 is 11.6. The fourth-order valence-corrected chi connectivity index (χ4v) is 3.81. The highest BCUT2D eigenvalue weighted by Gasteiger charge is 2.21. The van der Waals surface area contributed by atoms with Crippen LogP contribution in [-0.2, 0) is 11.3 Å². The van der Waals surface area contributed by atoms with Crippen molar-refractivity contribution < 1.29 is 14.6 Å². The van der Waals surface area contributed by atoms with E-state index < -0.39 is 6.10 Å². The number of nitrogens with zero attached hydrogens (tertiary/aromatic N) is 2. The van der Waals surface area contributed by atoms with Gasteiger partial charge in [-0.2, -0.15) is 0 Å². The summed E-state index contributed by atoms with van der Waals surface area (Å²) >= 11 is 6.07. The van der Waals surface area contributed by atoms with Crippen molar-refractivity contribution in [1.82, 2.24) is 4.90 Å². The number of ether oxygens (including phenoxy) is 2. The summed E-state index contributed by atoms with van der Waals surface area (Å²) in [7, 11) is 4.08. The third kappa shape index (κ3) is 6.88. The topological polar surface area (TPSA) is 45.2 Å². The van der Waals surface area contributed by atoms with Crippen LogP contribution >= 0.6 is 11.6 Å². The van der Waals surface area contributed by atoms with E-state index in [0.717, 1.165) is 43.9 Å². The van der Waals surface area contributed by atoms with Gasteiger partial charge >= 0.3 is 0 Å². The lowest BCUT2D eigenvalue weighted by molar-refractivity contribution is 0.0313. The summed E-state index contributed by atoms with van der Waals surface area (Å²) in [5.74, 6) is 0.723. The first-order valence-corrected chi connectivity index (χ1v) is 11.0. The summed E-state index contributed by atoms with van der Waals surface area (Å²) in [5.41, 5.74) is 3.36. The van der Waals surface area contributed by atoms with Crippen molar-refractivity contribution in [1.29, 1.82) is 0 Å². The number of hydrogen-bond acceptors (Lipinski definition) is 5. The smallest absolute Gasteiger partial charge is 0.119 e. The second kappa shape index (κ2) is 11.0. The van der Waals surface area contributed by atoms with Gasteiger partial charge in [0.1, 0.15) is 18.5 Å². The summed E-state index contributed by atoms with van der Waals surface area (Å²) in [6.07, 6.45) is 1.83. The minimum absolute atomic E-state index is 0.234. The molecular weight excluding hydrogens is 400 g/mol. The van der Waals surface area contributed by atoms with E-state index in [1.807, 2.05) is 39.2 Å². The van der Waals surface area contributed by atoms with Gasteiger partial charge in [-0.25, -0.2) is 0 Å². The van der Waals surface area contributed by atoms with Crippen molar-refractivity contribution in [3.05, 3.63) is 58.6 Å². The molecule has 0 radical (unpaired) electrons. The van der Waals surface area contributed by atoms with Crippen molar-refractivity contribution in [3.8, 4) is 5.75 Å². The number of rotatable bonds is 10. The molecule has 1 aliphatic rings. The van der Waals surface area contributed by atoms with Gasteiger partial charge in [0.2, 0.25) is 0 Å². The SMILES string of the molecule is Cc1cc(OCC(O)CN(Cc2ccc(N(C)C)cc2)CC2CCCO2)ccc1Cl. The Morgan fingerprint density at radius 2 is 1.97 bits per heavy atom. The van der Waals surface area contributed by atoms with E-state index in [0.29, 0.717) is 11.6 Å². The minimum Gasteiger partial charge on any atom is -0.491 e. The first-order chi connectivity index (χ1) is 14.4. The van der Waals surface area contributed by atoms with E-state index in [4.69, 9.17) is 21.1 Å². The van der Waals surface area contributed by atoms with Gasteiger partial charge in [0.05, 0.1) is 6.10 Å². The van der Waals surface area contributed by atoms with Crippen molar-refractivity contribution in [2.45, 2.75) is 38.5 Å². The molecule has 6 heteroatoms. The number of halogens is 1. The molecule has 5 nitrogen and oxygen atoms in total. The quantitative estimate of drug-likeness (QED) is 0.611. The number of aliphatic hydroxyl groups is 1. The molecule has 3 rings (SSSR count). The molecule has 1 fully saturated rings. The van der Waals surface area contributed by atoms with Gasteiger partial charge in [0.25, 0.3) is 0 Å². The molecule has 1 saturated heterocycles. The van der Waals surface area contributed by atoms with E-state index in [1.165, 1.54) is 11.3 Å². The highest BCUT2D eigenvalue weighted by Crippen LogP contribution is 2.21. The number of anilines is 1. The van der Waals surface area contributed by atoms with Crippen LogP contribution in [0, 0.1) is 6.92 Å². The third-order valence-electron chi connectivity index (χ3n) is 5.39. The zero-order valence-electron chi connectivity index (χ0n) is 18.2. The second-order valence-electron chi connectivity index (χ2n) is 8.27. The zero-order valence-corrected chi connectivity index (χ0v) is 18.9. The average molecular weight is 433 g/mol. The molecule has 1 N–H and O–H groups in total. The van der Waals surface area contributed by atoms with Crippen LogP contribution in [0.3, 0.4) is 0 Å². The first-order valence-electron chi connectivity index (χ1n) is 10.6. The van der Waals surface area contributed by atoms with Gasteiger partial charge in [0, 0.05) is 51.0 Å². The van der Waals surface area contributed by atoms with Crippen molar-refractivity contribution in [2.24, 2.45) is 0 Å². The molecule has 1 heterocycles. The van der Waals surface area contributed by atoms with Crippen molar-refractivity contribution in [2.75, 3.05) is 45.3 Å². The maximum absolute atomic E-state index is 10.6. The monoisotopic (exact) mass is 432 g/mol. The van der Waals surface area contributed by atoms with E-state index in [9.17, 15) is 5.11 Å². The van der Waals surface area contributed by atoms with Gasteiger partial charge in [-0.3, -0.25) is 4.90 Å². The summed E-state index contributed by atoms with van der Waals surface area (Å²) in [6, 6.07) is 14.1. The lowest BCUT2D eigenvalue weighted by Gasteiger charge is -2.27. The fraction of sp³-hybridized carbons (Fsp3) is 0.500. The van der Waals surface area contributed by atoms with E-state index in [2.05, 4.69) is 34.1 Å². The number of hydrogen-bond donors (Lipinski definition) is 1. The molecule has 2 aromatic carbocycles. The molecule has 0 spiro atoms. The van der Waals surface area contributed by atoms with Crippen LogP contribution in [-0.4, -0.2) is 62.6 Å². The summed E-state index contributed by atoms with van der Waals surface area (Å²) in [6.45, 7) is 5.12. The molecule has 2 unspecified atom stereocenters. The Bertz CT molecular complexity index is 792. The predicted molar refractivity (Wildman–Crippen MR) is 123 cm³/mol. The van der Waals surface area contributed by atoms with Gasteiger partial charge in [-0.15, -0.1) is 0 Å². The van der Waals surface area contributed by atoms with Gasteiger partial charge in [-0.05, 0) is 61.2 Å². The van der Waals surface area contributed by atoms with E-state index in [1.54, 1.807) is 0 Å². The minimum atomic E-state index is -0.594. The van der Waals surface area contributed by atoms with E-state index in [-0.39, 0.29) is 12.7 Å². The molecule has 30 heavy (non-hydrogen) atoms. The van der Waals surface area contributed by atoms with Crippen LogP contribution in [0.5, 0.6) is 5.75 Å². The number of benzene rings is 2. The van der Waals surface area contributed by atoms with Crippen LogP contribution in [0.1, 0.15) is 24.0 Å². The lowest BCUT2D eigenvalue weighted by atomic mass is 10.1. The van der Waals surface area contributed by atoms with Crippen molar-refractivity contribution >= 4 is 17.3 Å². The number of aryl methyl sites for hydroxylation is 1. The average Bonchev–Trinajstić information content (AvgIpc) is 3.22. The molecule has 2 aromatic rings. The summed E-state index contributed by atoms with van der Waals surface area (Å²) in [5, 5.41) is 11.3. The number of aliphatic hydroxyl groups excluding tert-OH is 1. The van der Waals surface area contributed by atoms with Crippen LogP contribution < -0.4 is 9.64 Å². The molecule has 0 bridgehead atoms. The van der Waals surface area contributed by atoms with Crippen LogP contribution in [0.25, 0.3) is 0 Å². The predicted octanol–water partition coefficient (Wildman–Crippen LogP) is 4.14. The normalized spacial score (nSPS) is 17.3. The maximum atomic E-state index is 10.6. The Morgan fingerprint density at radius 1 is 1.20 bits per heavy atom. The lowest BCUT2D eigenvalue weighted by Crippen LogP contribution is -2.39. The largest absolute Gasteiger partial charge is 0.491 e. The Labute approximate surface area is 185 Å². The van der Waals surface area contributed by atoms with Crippen LogP contribution in [0.4, 0.5) is 5.69 Å². The highest BCUT2D eigenvalue weighted by atomic mass is 35.5. The standard InChI is InChI=1S/C24H33ClN2O3/c1-18-13-22(10-11-24(18)25)30-17-21(28)15-27(16-23-5-4-12-29-23)14-19-6-8-20(9-7-19)26(2)3/h6-11,13,21,23,28H,4-5,12,14-17H2,1-3H3. The van der Waals surface area contributed by atoms with Gasteiger partial charge < -0.3 is 19.5 Å². The molecule has 0 amide bonds. The summed E-state index contributed by atoms with van der Waals surface area (Å²) in [4.78, 5) is 4.36. The Kier molecular flexibility index (Phi) is 8.40.